The van der Waals surface area contributed by atoms with E-state index in [0.717, 1.165) is 5.57 Å². The molecule has 0 aromatic rings. The summed E-state index contributed by atoms with van der Waals surface area (Å²) in [6.45, 7) is 11.8. The first-order valence-corrected chi connectivity index (χ1v) is 13.9. The average molecular weight is 515 g/mol. The third-order valence-corrected chi connectivity index (χ3v) is 12.7. The Balaban J connectivity index is 1.69. The summed E-state index contributed by atoms with van der Waals surface area (Å²) in [6, 6.07) is 0. The van der Waals surface area contributed by atoms with Crippen LogP contribution in [0.1, 0.15) is 92.9 Å². The number of carboxylic acids is 2. The molecule has 0 aliphatic heterocycles. The molecule has 4 saturated carbocycles. The van der Waals surface area contributed by atoms with Crippen LogP contribution in [0.2, 0.25) is 0 Å². The van der Waals surface area contributed by atoms with Gasteiger partial charge in [-0.1, -0.05) is 46.3 Å². The second-order valence-corrected chi connectivity index (χ2v) is 14.5. The molecule has 0 spiro atoms. The van der Waals surface area contributed by atoms with Crippen molar-refractivity contribution in [2.24, 2.45) is 50.7 Å². The molecule has 7 nitrogen and oxygen atoms in total. The minimum atomic E-state index is -1.73. The molecule has 4 fully saturated rings. The highest BCUT2D eigenvalue weighted by Crippen LogP contribution is 2.75. The van der Waals surface area contributed by atoms with Gasteiger partial charge in [-0.3, -0.25) is 19.2 Å². The molecule has 3 N–H and O–H groups in total. The van der Waals surface area contributed by atoms with Crippen LogP contribution in [-0.2, 0) is 19.2 Å². The first kappa shape index (κ1) is 26.6. The van der Waals surface area contributed by atoms with Crippen molar-refractivity contribution < 1.29 is 34.5 Å². The van der Waals surface area contributed by atoms with Gasteiger partial charge in [0.2, 0.25) is 0 Å². The van der Waals surface area contributed by atoms with Gasteiger partial charge in [0.1, 0.15) is 11.6 Å². The topological polar surface area (TPSA) is 129 Å². The molecule has 7 heteroatoms. The maximum Gasteiger partial charge on any atom is 0.310 e. The molecule has 37 heavy (non-hydrogen) atoms. The van der Waals surface area contributed by atoms with Crippen molar-refractivity contribution in [2.45, 2.75) is 98.5 Å². The predicted molar refractivity (Wildman–Crippen MR) is 135 cm³/mol. The van der Waals surface area contributed by atoms with E-state index in [-0.39, 0.29) is 41.7 Å². The Hall–Kier alpha value is -2.02. The van der Waals surface area contributed by atoms with Crippen molar-refractivity contribution in [1.82, 2.24) is 0 Å². The number of aliphatic hydroxyl groups is 1. The Labute approximate surface area is 219 Å². The fourth-order valence-electron chi connectivity index (χ4n) is 10.7. The molecule has 0 aromatic heterocycles. The highest BCUT2D eigenvalue weighted by atomic mass is 16.4. The molecule has 0 radical (unpaired) electrons. The molecule has 9 atom stereocenters. The fraction of sp³-hybridized carbons (Fsp3) is 0.800. The van der Waals surface area contributed by atoms with E-state index >= 15 is 0 Å². The maximum atomic E-state index is 14.0. The number of ketones is 2. The molecule has 0 aromatic carbocycles. The summed E-state index contributed by atoms with van der Waals surface area (Å²) in [5, 5.41) is 32.3. The van der Waals surface area contributed by atoms with E-state index in [1.807, 2.05) is 13.8 Å². The van der Waals surface area contributed by atoms with Gasteiger partial charge in [0.15, 0.2) is 0 Å². The number of carbonyl (C=O) groups is 4. The lowest BCUT2D eigenvalue weighted by atomic mass is 9.33. The molecular formula is C30H42O7. The highest BCUT2D eigenvalue weighted by Gasteiger charge is 2.73. The van der Waals surface area contributed by atoms with Crippen LogP contribution in [0.5, 0.6) is 0 Å². The van der Waals surface area contributed by atoms with Crippen LogP contribution in [0.3, 0.4) is 0 Å². The van der Waals surface area contributed by atoms with Gasteiger partial charge in [0.25, 0.3) is 0 Å². The summed E-state index contributed by atoms with van der Waals surface area (Å²) >= 11 is 0. The van der Waals surface area contributed by atoms with Gasteiger partial charge in [0.05, 0.1) is 16.9 Å². The zero-order valence-electron chi connectivity index (χ0n) is 23.0. The average Bonchev–Trinajstić information content (AvgIpc) is 2.76. The SMILES string of the molecule is CC1(C)C(=O)CC[C@@]2(C)[C@H]1C(=O)C[C@]1(C)[C@H]2CC=C2[C@H]3[C@](C(=O)O)(CC[C@@H](C(=O)O)[C@@]3(C)O)CC[C@]21C. The third-order valence-electron chi connectivity index (χ3n) is 12.7. The molecule has 0 unspecified atom stereocenters. The van der Waals surface area contributed by atoms with Crippen LogP contribution in [0.15, 0.2) is 11.6 Å². The minimum absolute atomic E-state index is 0.107. The monoisotopic (exact) mass is 514 g/mol. The lowest BCUT2D eigenvalue weighted by Crippen LogP contribution is -2.69. The van der Waals surface area contributed by atoms with E-state index in [4.69, 9.17) is 0 Å². The summed E-state index contributed by atoms with van der Waals surface area (Å²) in [5.74, 6) is -3.96. The summed E-state index contributed by atoms with van der Waals surface area (Å²) in [6.07, 6.45) is 5.39. The summed E-state index contributed by atoms with van der Waals surface area (Å²) in [7, 11) is 0. The smallest absolute Gasteiger partial charge is 0.310 e. The molecule has 0 saturated heterocycles. The second kappa shape index (κ2) is 7.55. The normalized spacial score (nSPS) is 50.6. The first-order valence-electron chi connectivity index (χ1n) is 13.9. The molecule has 5 aliphatic rings. The number of hydrogen-bond acceptors (Lipinski definition) is 5. The van der Waals surface area contributed by atoms with Crippen LogP contribution in [-0.4, -0.2) is 44.4 Å². The summed E-state index contributed by atoms with van der Waals surface area (Å²) in [5.41, 5.74) is -4.28. The Morgan fingerprint density at radius 1 is 0.919 bits per heavy atom. The van der Waals surface area contributed by atoms with Crippen molar-refractivity contribution in [2.75, 3.05) is 0 Å². The summed E-state index contributed by atoms with van der Waals surface area (Å²) < 4.78 is 0. The lowest BCUT2D eigenvalue weighted by molar-refractivity contribution is -0.210. The molecule has 5 rings (SSSR count). The van der Waals surface area contributed by atoms with Gasteiger partial charge in [-0.15, -0.1) is 0 Å². The standard InChI is InChI=1S/C30H42O7/c1-25(2)20(32)10-11-26(3)19-8-7-16-21-29(6,37)17(23(33)34)9-12-30(21,24(35)36)14-13-27(16,4)28(19,5)15-18(31)22(25)26/h7,17,19,21-22,37H,8-15H2,1-6H3,(H,33,34)(H,35,36)/t17-,19-,21+,22-,26+,27+,28+,29+,30-/m0/s1. The Kier molecular flexibility index (Phi) is 5.42. The number of aliphatic carboxylic acids is 2. The Morgan fingerprint density at radius 2 is 1.57 bits per heavy atom. The van der Waals surface area contributed by atoms with Crippen molar-refractivity contribution in [3.63, 3.8) is 0 Å². The maximum absolute atomic E-state index is 14.0. The predicted octanol–water partition coefficient (Wildman–Crippen LogP) is 4.66. The fourth-order valence-corrected chi connectivity index (χ4v) is 10.7. The molecule has 0 amide bonds. The molecular weight excluding hydrogens is 472 g/mol. The number of allylic oxidation sites excluding steroid dienone is 1. The second-order valence-electron chi connectivity index (χ2n) is 14.5. The molecule has 0 bridgehead atoms. The number of rotatable bonds is 2. The van der Waals surface area contributed by atoms with Gasteiger partial charge in [-0.25, -0.2) is 0 Å². The van der Waals surface area contributed by atoms with E-state index < -0.39 is 51.0 Å². The Bertz CT molecular complexity index is 1130. The van der Waals surface area contributed by atoms with E-state index in [1.165, 1.54) is 6.92 Å². The van der Waals surface area contributed by atoms with Crippen LogP contribution in [0.25, 0.3) is 0 Å². The number of hydrogen-bond donors (Lipinski definition) is 3. The zero-order chi connectivity index (χ0) is 27.6. The van der Waals surface area contributed by atoms with Crippen LogP contribution < -0.4 is 0 Å². The largest absolute Gasteiger partial charge is 0.481 e. The third kappa shape index (κ3) is 2.98. The van der Waals surface area contributed by atoms with Gasteiger partial charge in [-0.05, 0) is 67.6 Å². The van der Waals surface area contributed by atoms with Gasteiger partial charge >= 0.3 is 11.9 Å². The summed E-state index contributed by atoms with van der Waals surface area (Å²) in [4.78, 5) is 51.9. The van der Waals surface area contributed by atoms with E-state index in [2.05, 4.69) is 26.8 Å². The quantitative estimate of drug-likeness (QED) is 0.457. The molecule has 5 aliphatic carbocycles. The first-order chi connectivity index (χ1) is 16.9. The minimum Gasteiger partial charge on any atom is -0.481 e. The van der Waals surface area contributed by atoms with Crippen LogP contribution >= 0.6 is 0 Å². The van der Waals surface area contributed by atoms with E-state index in [1.54, 1.807) is 0 Å². The van der Waals surface area contributed by atoms with Gasteiger partial charge in [0, 0.05) is 30.1 Å². The van der Waals surface area contributed by atoms with E-state index in [9.17, 15) is 34.5 Å². The van der Waals surface area contributed by atoms with Crippen molar-refractivity contribution >= 4 is 23.5 Å². The van der Waals surface area contributed by atoms with Gasteiger partial charge in [-0.2, -0.15) is 0 Å². The van der Waals surface area contributed by atoms with Crippen LogP contribution in [0.4, 0.5) is 0 Å². The van der Waals surface area contributed by atoms with E-state index in [0.29, 0.717) is 38.5 Å². The number of Topliss-reactive ketones (excluding diaryl/α,β-unsaturated/α-hetero) is 2. The van der Waals surface area contributed by atoms with Crippen molar-refractivity contribution in [3.05, 3.63) is 11.6 Å². The molecule has 0 heterocycles. The van der Waals surface area contributed by atoms with Gasteiger partial charge < -0.3 is 15.3 Å². The Morgan fingerprint density at radius 3 is 2.16 bits per heavy atom. The molecule has 204 valence electrons. The van der Waals surface area contributed by atoms with Crippen LogP contribution in [0, 0.1) is 50.7 Å². The zero-order valence-corrected chi connectivity index (χ0v) is 23.0. The lowest BCUT2D eigenvalue weighted by Gasteiger charge is -2.70. The number of carbonyl (C=O) groups excluding carboxylic acids is 2. The van der Waals surface area contributed by atoms with Crippen molar-refractivity contribution in [3.8, 4) is 0 Å². The highest BCUT2D eigenvalue weighted by molar-refractivity contribution is 5.95. The number of carboxylic acid groups (broad SMARTS) is 2. The number of fused-ring (bicyclic) bond motifs is 7. The van der Waals surface area contributed by atoms with Crippen molar-refractivity contribution in [1.29, 1.82) is 0 Å².